The Morgan fingerprint density at radius 1 is 0.339 bits per heavy atom. The average molecular weight is 719 g/mol. The number of hydrogen-bond acceptors (Lipinski definition) is 1. The van der Waals surface area contributed by atoms with Crippen molar-refractivity contribution in [2.24, 2.45) is 0 Å². The molecule has 0 saturated carbocycles. The molecule has 2 heteroatoms. The lowest BCUT2D eigenvalue weighted by Gasteiger charge is -2.43. The lowest BCUT2D eigenvalue weighted by molar-refractivity contribution is 0.627. The van der Waals surface area contributed by atoms with E-state index < -0.39 is 0 Å². The highest BCUT2D eigenvalue weighted by Crippen LogP contribution is 2.58. The third-order valence-electron chi connectivity index (χ3n) is 12.8. The molecule has 0 atom stereocenters. The predicted molar refractivity (Wildman–Crippen MR) is 236 cm³/mol. The predicted octanol–water partition coefficient (Wildman–Crippen LogP) is 14.5. The molecule has 0 spiro atoms. The molecule has 9 aromatic rings. The summed E-state index contributed by atoms with van der Waals surface area (Å²) < 4.78 is 2.39. The summed E-state index contributed by atoms with van der Waals surface area (Å²) in [6.45, 7) is 9.58. The summed E-state index contributed by atoms with van der Waals surface area (Å²) in [5.41, 5.74) is 20.0. The van der Waals surface area contributed by atoms with Gasteiger partial charge in [0.15, 0.2) is 0 Å². The smallest absolute Gasteiger partial charge is 0.0541 e. The Morgan fingerprint density at radius 3 is 1.55 bits per heavy atom. The van der Waals surface area contributed by atoms with E-state index in [-0.39, 0.29) is 10.8 Å². The molecule has 8 aromatic carbocycles. The van der Waals surface area contributed by atoms with E-state index >= 15 is 0 Å². The third-order valence-corrected chi connectivity index (χ3v) is 12.8. The quantitative estimate of drug-likeness (QED) is 0.176. The minimum atomic E-state index is -0.249. The minimum absolute atomic E-state index is 0.0938. The van der Waals surface area contributed by atoms with Crippen LogP contribution in [-0.4, -0.2) is 4.57 Å². The van der Waals surface area contributed by atoms with Gasteiger partial charge in [0, 0.05) is 33.0 Å². The average Bonchev–Trinajstić information content (AvgIpc) is 3.69. The van der Waals surface area contributed by atoms with Crippen molar-refractivity contribution in [3.05, 3.63) is 204 Å². The van der Waals surface area contributed by atoms with Crippen molar-refractivity contribution in [2.75, 3.05) is 4.90 Å². The van der Waals surface area contributed by atoms with E-state index in [9.17, 15) is 0 Å². The van der Waals surface area contributed by atoms with Gasteiger partial charge in [-0.15, -0.1) is 0 Å². The van der Waals surface area contributed by atoms with Gasteiger partial charge in [0.05, 0.1) is 22.4 Å². The number of rotatable bonds is 4. The third kappa shape index (κ3) is 4.69. The second-order valence-electron chi connectivity index (χ2n) is 16.6. The second-order valence-corrected chi connectivity index (χ2v) is 16.6. The van der Waals surface area contributed by atoms with Crippen LogP contribution < -0.4 is 4.90 Å². The molecule has 0 N–H and O–H groups in total. The maximum atomic E-state index is 2.51. The molecule has 1 aromatic heterocycles. The van der Waals surface area contributed by atoms with Crippen LogP contribution in [0.1, 0.15) is 49.9 Å². The number of para-hydroxylation sites is 2. The summed E-state index contributed by atoms with van der Waals surface area (Å²) in [4.78, 5) is 2.51. The van der Waals surface area contributed by atoms with Crippen LogP contribution in [-0.2, 0) is 10.8 Å². The molecule has 2 nitrogen and oxygen atoms in total. The normalized spacial score (nSPS) is 14.7. The minimum Gasteiger partial charge on any atom is -0.310 e. The summed E-state index contributed by atoms with van der Waals surface area (Å²) in [6, 6.07) is 67.5. The van der Waals surface area contributed by atoms with Crippen LogP contribution in [0.25, 0.3) is 60.9 Å². The molecule has 0 unspecified atom stereocenters. The lowest BCUT2D eigenvalue weighted by Crippen LogP contribution is -2.31. The van der Waals surface area contributed by atoms with Crippen LogP contribution in [0.15, 0.2) is 182 Å². The number of benzene rings is 8. The summed E-state index contributed by atoms with van der Waals surface area (Å²) >= 11 is 0. The van der Waals surface area contributed by atoms with Crippen LogP contribution in [0.3, 0.4) is 0 Å². The van der Waals surface area contributed by atoms with Gasteiger partial charge in [0.2, 0.25) is 0 Å². The molecule has 1 aliphatic heterocycles. The SMILES string of the molecule is CC1(C)c2ccccc2-c2cc3c(cc21)N(c1ccc(-c2ccccc2)cc1)c1ccc(-c2ccc(-n4c5ccccc5c5ccccc54)cc2)cc1C3(C)C. The lowest BCUT2D eigenvalue weighted by atomic mass is 9.71. The van der Waals surface area contributed by atoms with E-state index in [1.165, 1.54) is 100 Å². The van der Waals surface area contributed by atoms with E-state index in [0.717, 1.165) is 0 Å². The molecular weight excluding hydrogens is 677 g/mol. The van der Waals surface area contributed by atoms with Crippen LogP contribution in [0.2, 0.25) is 0 Å². The molecule has 0 bridgehead atoms. The molecule has 2 heterocycles. The largest absolute Gasteiger partial charge is 0.310 e. The zero-order chi connectivity index (χ0) is 37.8. The van der Waals surface area contributed by atoms with Gasteiger partial charge in [-0.05, 0) is 116 Å². The van der Waals surface area contributed by atoms with Gasteiger partial charge in [-0.25, -0.2) is 0 Å². The second kappa shape index (κ2) is 11.9. The molecule has 0 saturated heterocycles. The van der Waals surface area contributed by atoms with Crippen molar-refractivity contribution in [3.63, 3.8) is 0 Å². The van der Waals surface area contributed by atoms with E-state index in [1.807, 2.05) is 0 Å². The summed E-state index contributed by atoms with van der Waals surface area (Å²) in [7, 11) is 0. The molecule has 11 rings (SSSR count). The van der Waals surface area contributed by atoms with Crippen molar-refractivity contribution in [3.8, 4) is 39.1 Å². The van der Waals surface area contributed by atoms with E-state index in [4.69, 9.17) is 0 Å². The Morgan fingerprint density at radius 2 is 0.857 bits per heavy atom. The fraction of sp³-hybridized carbons (Fsp3) is 0.111. The summed E-state index contributed by atoms with van der Waals surface area (Å²) in [5.74, 6) is 0. The fourth-order valence-electron chi connectivity index (χ4n) is 9.82. The highest BCUT2D eigenvalue weighted by molar-refractivity contribution is 6.09. The first-order valence-electron chi connectivity index (χ1n) is 19.8. The molecule has 1 aliphatic carbocycles. The van der Waals surface area contributed by atoms with Crippen LogP contribution in [0, 0.1) is 0 Å². The Kier molecular flexibility index (Phi) is 6.98. The van der Waals surface area contributed by atoms with Gasteiger partial charge < -0.3 is 9.47 Å². The number of anilines is 3. The van der Waals surface area contributed by atoms with Crippen LogP contribution >= 0.6 is 0 Å². The number of fused-ring (bicyclic) bond motifs is 8. The molecule has 2 aliphatic rings. The Hall–Kier alpha value is -6.64. The van der Waals surface area contributed by atoms with Crippen molar-refractivity contribution in [2.45, 2.75) is 38.5 Å². The number of aromatic nitrogens is 1. The van der Waals surface area contributed by atoms with Crippen LogP contribution in [0.5, 0.6) is 0 Å². The highest BCUT2D eigenvalue weighted by Gasteiger charge is 2.42. The Bertz CT molecular complexity index is 2950. The van der Waals surface area contributed by atoms with Gasteiger partial charge in [0.25, 0.3) is 0 Å². The summed E-state index contributed by atoms with van der Waals surface area (Å²) in [5, 5.41) is 2.56. The standard InChI is InChI=1S/C54H42N2/c1-53(2)45-19-11-8-16-41(45)44-33-48-52(34-46(44)53)56(40-27-22-36(23-28-40)35-14-6-5-7-15-35)51-31-26-38(32-47(51)54(48,3)4)37-24-29-39(30-25-37)55-49-20-12-9-17-42(49)43-18-10-13-21-50(43)55/h5-34H,1-4H3. The van der Waals surface area contributed by atoms with E-state index in [2.05, 4.69) is 219 Å². The molecule has 0 amide bonds. The maximum absolute atomic E-state index is 2.51. The van der Waals surface area contributed by atoms with Gasteiger partial charge in [-0.3, -0.25) is 0 Å². The Balaban J connectivity index is 1.06. The monoisotopic (exact) mass is 718 g/mol. The fourth-order valence-corrected chi connectivity index (χ4v) is 9.82. The zero-order valence-electron chi connectivity index (χ0n) is 32.2. The van der Waals surface area contributed by atoms with Gasteiger partial charge in [0.1, 0.15) is 0 Å². The van der Waals surface area contributed by atoms with Crippen LogP contribution in [0.4, 0.5) is 17.1 Å². The first kappa shape index (κ1) is 32.8. The Labute approximate surface area is 328 Å². The van der Waals surface area contributed by atoms with Gasteiger partial charge in [-0.2, -0.15) is 0 Å². The number of hydrogen-bond donors (Lipinski definition) is 0. The molecule has 0 radical (unpaired) electrons. The van der Waals surface area contributed by atoms with Crippen molar-refractivity contribution in [1.82, 2.24) is 4.57 Å². The first-order chi connectivity index (χ1) is 27.3. The van der Waals surface area contributed by atoms with Crippen molar-refractivity contribution < 1.29 is 0 Å². The van der Waals surface area contributed by atoms with Gasteiger partial charge >= 0.3 is 0 Å². The number of nitrogens with zero attached hydrogens (tertiary/aromatic N) is 2. The highest BCUT2D eigenvalue weighted by atomic mass is 15.2. The topological polar surface area (TPSA) is 8.17 Å². The van der Waals surface area contributed by atoms with Gasteiger partial charge in [-0.1, -0.05) is 149 Å². The van der Waals surface area contributed by atoms with E-state index in [1.54, 1.807) is 0 Å². The molecule has 0 fully saturated rings. The zero-order valence-corrected chi connectivity index (χ0v) is 32.2. The molecule has 56 heavy (non-hydrogen) atoms. The van der Waals surface area contributed by atoms with Crippen molar-refractivity contribution >= 4 is 38.9 Å². The van der Waals surface area contributed by atoms with E-state index in [0.29, 0.717) is 0 Å². The van der Waals surface area contributed by atoms with Crippen molar-refractivity contribution in [1.29, 1.82) is 0 Å². The summed E-state index contributed by atoms with van der Waals surface area (Å²) in [6.07, 6.45) is 0. The maximum Gasteiger partial charge on any atom is 0.0541 e. The molecular formula is C54H42N2. The molecule has 268 valence electrons. The first-order valence-corrected chi connectivity index (χ1v) is 19.8.